The number of Topliss-reactive ketones (excluding diaryl/α,β-unsaturated/α-hetero) is 1. The van der Waals surface area contributed by atoms with Crippen molar-refractivity contribution in [2.75, 3.05) is 6.61 Å². The Morgan fingerprint density at radius 1 is 1.35 bits per heavy atom. The van der Waals surface area contributed by atoms with Crippen LogP contribution in [0, 0.1) is 17.0 Å². The van der Waals surface area contributed by atoms with E-state index >= 15 is 0 Å². The van der Waals surface area contributed by atoms with E-state index in [9.17, 15) is 28.3 Å². The molecule has 2 N–H and O–H groups in total. The van der Waals surface area contributed by atoms with Gasteiger partial charge in [-0.3, -0.25) is 14.4 Å². The summed E-state index contributed by atoms with van der Waals surface area (Å²) in [6.07, 6.45) is 2.63. The SMILES string of the molecule is CC[C@]12CCCOC1Cn1cc(C(=O)NCc3ccc(F)cc3F)c(=O)c(O)c1C2=O. The zero-order chi connectivity index (χ0) is 22.3. The summed E-state index contributed by atoms with van der Waals surface area (Å²) in [5, 5.41) is 12.9. The van der Waals surface area contributed by atoms with Gasteiger partial charge >= 0.3 is 0 Å². The number of carbonyl (C=O) groups excluding carboxylic acids is 2. The number of hydrogen-bond acceptors (Lipinski definition) is 5. The number of carbonyl (C=O) groups is 2. The van der Waals surface area contributed by atoms with Crippen LogP contribution >= 0.6 is 0 Å². The van der Waals surface area contributed by atoms with Crippen molar-refractivity contribution in [3.63, 3.8) is 0 Å². The third kappa shape index (κ3) is 3.42. The van der Waals surface area contributed by atoms with Crippen LogP contribution in [0.3, 0.4) is 0 Å². The fourth-order valence-electron chi connectivity index (χ4n) is 4.53. The highest BCUT2D eigenvalue weighted by Crippen LogP contribution is 2.45. The molecule has 1 fully saturated rings. The molecule has 0 saturated carbocycles. The summed E-state index contributed by atoms with van der Waals surface area (Å²) in [6.45, 7) is 2.32. The lowest BCUT2D eigenvalue weighted by Gasteiger charge is -2.46. The van der Waals surface area contributed by atoms with Crippen LogP contribution in [0.4, 0.5) is 8.78 Å². The van der Waals surface area contributed by atoms with Crippen molar-refractivity contribution in [3.8, 4) is 5.75 Å². The maximum Gasteiger partial charge on any atom is 0.257 e. The lowest BCUT2D eigenvalue weighted by Crippen LogP contribution is -2.53. The molecule has 7 nitrogen and oxygen atoms in total. The van der Waals surface area contributed by atoms with Gasteiger partial charge in [0.15, 0.2) is 11.5 Å². The van der Waals surface area contributed by atoms with E-state index in [1.807, 2.05) is 6.92 Å². The average Bonchev–Trinajstić information content (AvgIpc) is 2.75. The number of aromatic hydroxyl groups is 1. The maximum atomic E-state index is 13.8. The van der Waals surface area contributed by atoms with Gasteiger partial charge in [-0.15, -0.1) is 0 Å². The monoisotopic (exact) mass is 432 g/mol. The van der Waals surface area contributed by atoms with E-state index in [2.05, 4.69) is 5.32 Å². The molecule has 1 amide bonds. The second-order valence-electron chi connectivity index (χ2n) is 7.94. The van der Waals surface area contributed by atoms with Gasteiger partial charge in [-0.25, -0.2) is 8.78 Å². The van der Waals surface area contributed by atoms with Crippen LogP contribution in [0.2, 0.25) is 0 Å². The number of nitrogens with one attached hydrogen (secondary N) is 1. The Bertz CT molecular complexity index is 1130. The standard InChI is InChI=1S/C22H22F2N2O5/c1-2-22-6-3-7-31-16(22)11-26-10-14(18(27)19(28)17(26)20(22)29)21(30)25-9-12-4-5-13(23)8-15(12)24/h4-5,8,10,16,28H,2-3,6-7,9,11H2,1H3,(H,25,30)/t16?,22-/m0/s1. The van der Waals surface area contributed by atoms with Crippen LogP contribution in [0.1, 0.15) is 52.6 Å². The molecule has 3 heterocycles. The summed E-state index contributed by atoms with van der Waals surface area (Å²) in [7, 11) is 0. The zero-order valence-corrected chi connectivity index (χ0v) is 16.9. The minimum absolute atomic E-state index is 0.0375. The Kier molecular flexibility index (Phi) is 5.38. The largest absolute Gasteiger partial charge is 0.503 e. The summed E-state index contributed by atoms with van der Waals surface area (Å²) in [5.74, 6) is -3.56. The molecule has 2 aromatic rings. The Labute approximate surface area is 176 Å². The van der Waals surface area contributed by atoms with Gasteiger partial charge in [0.25, 0.3) is 5.91 Å². The molecule has 1 aromatic carbocycles. The molecular weight excluding hydrogens is 410 g/mol. The molecule has 2 atom stereocenters. The van der Waals surface area contributed by atoms with Gasteiger partial charge in [-0.2, -0.15) is 0 Å². The molecular formula is C22H22F2N2O5. The number of aromatic nitrogens is 1. The molecule has 0 bridgehead atoms. The number of ether oxygens (including phenoxy) is 1. The number of halogens is 2. The van der Waals surface area contributed by atoms with Gasteiger partial charge in [-0.1, -0.05) is 13.0 Å². The molecule has 1 saturated heterocycles. The maximum absolute atomic E-state index is 13.8. The van der Waals surface area contributed by atoms with Gasteiger partial charge in [0.1, 0.15) is 22.9 Å². The topological polar surface area (TPSA) is 97.6 Å². The summed E-state index contributed by atoms with van der Waals surface area (Å²) in [5.41, 5.74) is -2.23. The number of ketones is 1. The molecule has 0 aliphatic carbocycles. The molecule has 4 rings (SSSR count). The van der Waals surface area contributed by atoms with Crippen LogP contribution < -0.4 is 10.7 Å². The Morgan fingerprint density at radius 3 is 2.84 bits per heavy atom. The van der Waals surface area contributed by atoms with Crippen molar-refractivity contribution in [1.29, 1.82) is 0 Å². The Balaban J connectivity index is 1.66. The normalized spacial score (nSPS) is 22.5. The first-order valence-corrected chi connectivity index (χ1v) is 10.1. The first-order chi connectivity index (χ1) is 14.8. The quantitative estimate of drug-likeness (QED) is 0.774. The number of benzene rings is 1. The summed E-state index contributed by atoms with van der Waals surface area (Å²) in [4.78, 5) is 38.5. The minimum atomic E-state index is -0.974. The lowest BCUT2D eigenvalue weighted by molar-refractivity contribution is -0.0827. The molecule has 164 valence electrons. The van der Waals surface area contributed by atoms with Crippen molar-refractivity contribution in [3.05, 3.63) is 63.1 Å². The Morgan fingerprint density at radius 2 is 2.13 bits per heavy atom. The molecule has 9 heteroatoms. The third-order valence-electron chi connectivity index (χ3n) is 6.32. The number of nitrogens with zero attached hydrogens (tertiary/aromatic N) is 1. The second-order valence-corrected chi connectivity index (χ2v) is 7.94. The van der Waals surface area contributed by atoms with Crippen LogP contribution in [0.5, 0.6) is 5.75 Å². The number of fused-ring (bicyclic) bond motifs is 2. The van der Waals surface area contributed by atoms with Gasteiger partial charge in [0.2, 0.25) is 5.43 Å². The number of pyridine rings is 1. The van der Waals surface area contributed by atoms with Gasteiger partial charge in [-0.05, 0) is 25.3 Å². The highest BCUT2D eigenvalue weighted by Gasteiger charge is 2.51. The third-order valence-corrected chi connectivity index (χ3v) is 6.32. The van der Waals surface area contributed by atoms with Crippen LogP contribution in [0.25, 0.3) is 0 Å². The van der Waals surface area contributed by atoms with Crippen molar-refractivity contribution in [1.82, 2.24) is 9.88 Å². The zero-order valence-electron chi connectivity index (χ0n) is 16.9. The van der Waals surface area contributed by atoms with Crippen LogP contribution in [-0.2, 0) is 17.8 Å². The van der Waals surface area contributed by atoms with Crippen molar-refractivity contribution in [2.45, 2.75) is 45.4 Å². The van der Waals surface area contributed by atoms with E-state index < -0.39 is 40.2 Å². The number of hydrogen-bond donors (Lipinski definition) is 2. The predicted molar refractivity (Wildman–Crippen MR) is 106 cm³/mol. The highest BCUT2D eigenvalue weighted by molar-refractivity contribution is 6.03. The summed E-state index contributed by atoms with van der Waals surface area (Å²) in [6, 6.07) is 2.93. The van der Waals surface area contributed by atoms with Crippen LogP contribution in [0.15, 0.2) is 29.2 Å². The first-order valence-electron chi connectivity index (χ1n) is 10.1. The van der Waals surface area contributed by atoms with Gasteiger partial charge < -0.3 is 19.7 Å². The van der Waals surface area contributed by atoms with Gasteiger partial charge in [0.05, 0.1) is 18.1 Å². The minimum Gasteiger partial charge on any atom is -0.503 e. The molecule has 0 radical (unpaired) electrons. The highest BCUT2D eigenvalue weighted by atomic mass is 19.1. The summed E-state index contributed by atoms with van der Waals surface area (Å²) >= 11 is 0. The molecule has 2 aliphatic rings. The number of rotatable bonds is 4. The molecule has 2 aliphatic heterocycles. The van der Waals surface area contributed by atoms with Crippen molar-refractivity contribution < 1.29 is 28.2 Å². The van der Waals surface area contributed by atoms with E-state index in [0.717, 1.165) is 6.07 Å². The van der Waals surface area contributed by atoms with E-state index in [1.54, 1.807) is 0 Å². The molecule has 0 spiro atoms. The fraction of sp³-hybridized carbons (Fsp3) is 0.409. The second kappa shape index (κ2) is 7.88. The van der Waals surface area contributed by atoms with E-state index in [1.165, 1.54) is 16.8 Å². The number of amides is 1. The molecule has 1 aromatic heterocycles. The Hall–Kier alpha value is -3.07. The van der Waals surface area contributed by atoms with E-state index in [0.29, 0.717) is 31.9 Å². The van der Waals surface area contributed by atoms with Crippen LogP contribution in [-0.4, -0.2) is 34.1 Å². The smallest absolute Gasteiger partial charge is 0.257 e. The summed E-state index contributed by atoms with van der Waals surface area (Å²) < 4.78 is 34.0. The van der Waals surface area contributed by atoms with E-state index in [-0.39, 0.29) is 35.7 Å². The van der Waals surface area contributed by atoms with Crippen molar-refractivity contribution in [2.24, 2.45) is 5.41 Å². The first kappa shape index (κ1) is 21.2. The fourth-order valence-corrected chi connectivity index (χ4v) is 4.53. The average molecular weight is 432 g/mol. The van der Waals surface area contributed by atoms with Crippen molar-refractivity contribution >= 4 is 11.7 Å². The predicted octanol–water partition coefficient (Wildman–Crippen LogP) is 2.53. The van der Waals surface area contributed by atoms with E-state index in [4.69, 9.17) is 4.74 Å². The molecule has 31 heavy (non-hydrogen) atoms. The lowest BCUT2D eigenvalue weighted by atomic mass is 9.68. The molecule has 1 unspecified atom stereocenters. The van der Waals surface area contributed by atoms with Gasteiger partial charge in [0, 0.05) is 31.0 Å².